The lowest BCUT2D eigenvalue weighted by Crippen LogP contribution is -2.36. The molecule has 0 fully saturated rings. The van der Waals surface area contributed by atoms with Crippen molar-refractivity contribution in [3.8, 4) is 16.9 Å². The van der Waals surface area contributed by atoms with Gasteiger partial charge in [0.2, 0.25) is 0 Å². The maximum atomic E-state index is 15.3. The number of aliphatic hydroxyl groups excluding tert-OH is 1. The van der Waals surface area contributed by atoms with Crippen molar-refractivity contribution in [1.82, 2.24) is 30.3 Å². The third-order valence-electron chi connectivity index (χ3n) is 8.08. The lowest BCUT2D eigenvalue weighted by molar-refractivity contribution is 0.281. The molecule has 0 saturated heterocycles. The summed E-state index contributed by atoms with van der Waals surface area (Å²) in [6.07, 6.45) is 3.21. The van der Waals surface area contributed by atoms with E-state index in [-0.39, 0.29) is 27.7 Å². The van der Waals surface area contributed by atoms with Gasteiger partial charge in [0.1, 0.15) is 17.3 Å². The van der Waals surface area contributed by atoms with Crippen LogP contribution in [0.25, 0.3) is 27.7 Å². The van der Waals surface area contributed by atoms with Gasteiger partial charge in [-0.1, -0.05) is 45.9 Å². The molecule has 10 nitrogen and oxygen atoms in total. The number of fused-ring (bicyclic) bond motifs is 1. The van der Waals surface area contributed by atoms with E-state index >= 15 is 4.39 Å². The van der Waals surface area contributed by atoms with E-state index in [1.165, 1.54) is 12.3 Å². The highest BCUT2D eigenvalue weighted by Crippen LogP contribution is 2.32. The molecule has 2 aromatic carbocycles. The zero-order chi connectivity index (χ0) is 32.7. The van der Waals surface area contributed by atoms with Gasteiger partial charge in [0, 0.05) is 33.8 Å². The average Bonchev–Trinajstić information content (AvgIpc) is 2.98. The number of pyridine rings is 1. The smallest absolute Gasteiger partial charge is 0.288 e. The van der Waals surface area contributed by atoms with E-state index in [1.54, 1.807) is 43.5 Å². The first-order valence-corrected chi connectivity index (χ1v) is 14.8. The molecule has 0 aliphatic heterocycles. The van der Waals surface area contributed by atoms with Gasteiger partial charge in [-0.3, -0.25) is 9.59 Å². The molecular formula is C34H38FN7O3. The Hall–Kier alpha value is -4.74. The van der Waals surface area contributed by atoms with Crippen LogP contribution in [-0.4, -0.2) is 36.6 Å². The molecular weight excluding hydrogens is 573 g/mol. The Morgan fingerprint density at radius 2 is 1.78 bits per heavy atom. The van der Waals surface area contributed by atoms with Crippen molar-refractivity contribution in [2.24, 2.45) is 0 Å². The Bertz CT molecular complexity index is 2010. The number of benzene rings is 2. The Labute approximate surface area is 260 Å². The summed E-state index contributed by atoms with van der Waals surface area (Å²) in [6.45, 7) is 14.1. The predicted molar refractivity (Wildman–Crippen MR) is 175 cm³/mol. The number of rotatable bonds is 8. The van der Waals surface area contributed by atoms with E-state index in [0.29, 0.717) is 33.6 Å². The van der Waals surface area contributed by atoms with Crippen molar-refractivity contribution in [3.05, 3.63) is 104 Å². The second-order valence-corrected chi connectivity index (χ2v) is 12.6. The van der Waals surface area contributed by atoms with Gasteiger partial charge in [0.15, 0.2) is 0 Å². The summed E-state index contributed by atoms with van der Waals surface area (Å²) >= 11 is 0. The minimum Gasteiger partial charge on any atom is -0.392 e. The van der Waals surface area contributed by atoms with Crippen molar-refractivity contribution in [2.45, 2.75) is 66.0 Å². The molecule has 0 atom stereocenters. The molecule has 234 valence electrons. The highest BCUT2D eigenvalue weighted by molar-refractivity contribution is 5.83. The zero-order valence-electron chi connectivity index (χ0n) is 26.5. The van der Waals surface area contributed by atoms with E-state index in [9.17, 15) is 14.7 Å². The summed E-state index contributed by atoms with van der Waals surface area (Å²) in [5.41, 5.74) is 2.23. The second-order valence-electron chi connectivity index (χ2n) is 12.6. The van der Waals surface area contributed by atoms with Crippen molar-refractivity contribution in [2.75, 3.05) is 11.9 Å². The van der Waals surface area contributed by atoms with Crippen LogP contribution in [0.2, 0.25) is 0 Å². The maximum Gasteiger partial charge on any atom is 0.288 e. The third-order valence-corrected chi connectivity index (χ3v) is 8.08. The van der Waals surface area contributed by atoms with Gasteiger partial charge < -0.3 is 15.7 Å². The Balaban J connectivity index is 1.58. The number of aliphatic hydroxyl groups is 1. The van der Waals surface area contributed by atoms with E-state index in [1.807, 2.05) is 33.8 Å². The first kappa shape index (κ1) is 31.7. The molecule has 4 N–H and O–H groups in total. The number of aromatic amines is 1. The Morgan fingerprint density at radius 1 is 1.02 bits per heavy atom. The van der Waals surface area contributed by atoms with Gasteiger partial charge in [-0.05, 0) is 68.1 Å². The summed E-state index contributed by atoms with van der Waals surface area (Å²) in [7, 11) is 0. The average molecular weight is 612 g/mol. The maximum absolute atomic E-state index is 15.3. The molecule has 0 amide bonds. The fourth-order valence-corrected chi connectivity index (χ4v) is 5.46. The van der Waals surface area contributed by atoms with E-state index in [2.05, 4.69) is 44.8 Å². The van der Waals surface area contributed by atoms with Crippen LogP contribution < -0.4 is 21.8 Å². The number of halogens is 1. The normalized spacial score (nSPS) is 12.1. The molecule has 11 heteroatoms. The highest BCUT2D eigenvalue weighted by Gasteiger charge is 2.23. The first-order chi connectivity index (χ1) is 21.3. The topological polar surface area (TPSA) is 138 Å². The molecule has 0 aliphatic carbocycles. The van der Waals surface area contributed by atoms with Crippen molar-refractivity contribution in [3.63, 3.8) is 0 Å². The van der Waals surface area contributed by atoms with Gasteiger partial charge >= 0.3 is 0 Å². The molecule has 3 aromatic heterocycles. The molecule has 3 heterocycles. The number of hydrogen-bond donors (Lipinski definition) is 4. The molecule has 5 rings (SSSR count). The van der Waals surface area contributed by atoms with Crippen molar-refractivity contribution in [1.29, 1.82) is 0 Å². The number of anilines is 2. The molecule has 0 unspecified atom stereocenters. The molecule has 0 aliphatic rings. The van der Waals surface area contributed by atoms with Crippen molar-refractivity contribution < 1.29 is 9.50 Å². The van der Waals surface area contributed by atoms with E-state index in [0.717, 1.165) is 22.4 Å². The lowest BCUT2D eigenvalue weighted by atomic mass is 9.86. The SMILES string of the molecule is CCNC(C)(C)c1ccc(Nc2c(C)c(-c3cccc(-n4ncc5cc(C(C)(C)C)cc(F)c5c4=O)c3CO)n[nH]c2=O)nc1. The van der Waals surface area contributed by atoms with Gasteiger partial charge in [0.05, 0.1) is 29.6 Å². The summed E-state index contributed by atoms with van der Waals surface area (Å²) in [6, 6.07) is 11.9. The molecule has 0 spiro atoms. The predicted octanol–water partition coefficient (Wildman–Crippen LogP) is 5.36. The van der Waals surface area contributed by atoms with Gasteiger partial charge in [-0.15, -0.1) is 0 Å². The van der Waals surface area contributed by atoms with Crippen molar-refractivity contribution >= 4 is 22.3 Å². The number of aromatic nitrogens is 5. The summed E-state index contributed by atoms with van der Waals surface area (Å²) in [5, 5.41) is 28.5. The van der Waals surface area contributed by atoms with Crippen LogP contribution in [0.5, 0.6) is 0 Å². The van der Waals surface area contributed by atoms with Gasteiger partial charge in [0.25, 0.3) is 11.1 Å². The zero-order valence-corrected chi connectivity index (χ0v) is 26.5. The van der Waals surface area contributed by atoms with Gasteiger partial charge in [-0.2, -0.15) is 14.9 Å². The summed E-state index contributed by atoms with van der Waals surface area (Å²) in [5.74, 6) is -0.169. The Kier molecular flexibility index (Phi) is 8.43. The van der Waals surface area contributed by atoms with Crippen LogP contribution in [0.15, 0.2) is 64.4 Å². The minimum atomic E-state index is -0.655. The third kappa shape index (κ3) is 6.01. The van der Waals surface area contributed by atoms with Crippen LogP contribution >= 0.6 is 0 Å². The Morgan fingerprint density at radius 3 is 2.42 bits per heavy atom. The fraction of sp³-hybridized carbons (Fsp3) is 0.324. The second kappa shape index (κ2) is 12.0. The highest BCUT2D eigenvalue weighted by atomic mass is 19.1. The molecule has 0 bridgehead atoms. The largest absolute Gasteiger partial charge is 0.392 e. The summed E-state index contributed by atoms with van der Waals surface area (Å²) in [4.78, 5) is 31.0. The fourth-order valence-electron chi connectivity index (χ4n) is 5.46. The number of nitrogens with zero attached hydrogens (tertiary/aromatic N) is 4. The van der Waals surface area contributed by atoms with Crippen LogP contribution in [0, 0.1) is 12.7 Å². The summed E-state index contributed by atoms with van der Waals surface area (Å²) < 4.78 is 16.4. The van der Waals surface area contributed by atoms with Gasteiger partial charge in [-0.25, -0.2) is 14.5 Å². The minimum absolute atomic E-state index is 0.0930. The molecule has 0 radical (unpaired) electrons. The number of hydrogen-bond acceptors (Lipinski definition) is 8. The van der Waals surface area contributed by atoms with Crippen LogP contribution in [0.4, 0.5) is 15.9 Å². The van der Waals surface area contributed by atoms with Crippen LogP contribution in [0.3, 0.4) is 0 Å². The number of nitrogens with one attached hydrogen (secondary N) is 3. The van der Waals surface area contributed by atoms with Crippen LogP contribution in [0.1, 0.15) is 63.8 Å². The quantitative estimate of drug-likeness (QED) is 0.184. The molecule has 45 heavy (non-hydrogen) atoms. The molecule has 5 aromatic rings. The molecule has 0 saturated carbocycles. The number of H-pyrrole nitrogens is 1. The van der Waals surface area contributed by atoms with E-state index in [4.69, 9.17) is 0 Å². The monoisotopic (exact) mass is 611 g/mol. The lowest BCUT2D eigenvalue weighted by Gasteiger charge is -2.26. The van der Waals surface area contributed by atoms with Crippen LogP contribution in [-0.2, 0) is 17.6 Å². The first-order valence-electron chi connectivity index (χ1n) is 14.8. The standard InChI is InChI=1S/C34H38FN7O3/c1-8-37-34(6,7)21-12-13-27(36-17-21)39-30-19(2)29(40-41-31(30)44)23-10-9-11-26(24(23)18-43)42-32(45)28-20(16-38-42)14-22(15-25(28)35)33(3,4)5/h9-17,37,43H,8,18H2,1-7H3,(H,41,44)(H,36,39,40). The van der Waals surface area contributed by atoms with E-state index < -0.39 is 23.5 Å².